The monoisotopic (exact) mass is 202 g/mol. The fraction of sp³-hybridized carbons (Fsp3) is 0. The van der Waals surface area contributed by atoms with Crippen LogP contribution in [0.2, 0.25) is 0 Å². The maximum absolute atomic E-state index is 7.81. The maximum atomic E-state index is 7.81. The molecular formula is CoCuOZn. The van der Waals surface area contributed by atoms with Crippen molar-refractivity contribution in [3.63, 3.8) is 0 Å². The van der Waals surface area contributed by atoms with Gasteiger partial charge in [0, 0.05) is 36.3 Å². The van der Waals surface area contributed by atoms with Gasteiger partial charge in [-0.15, -0.1) is 0 Å². The van der Waals surface area contributed by atoms with Crippen molar-refractivity contribution in [1.29, 1.82) is 0 Å². The molecule has 0 aromatic rings. The molecule has 0 bridgehead atoms. The molecule has 0 aliphatic heterocycles. The van der Waals surface area contributed by atoms with Gasteiger partial charge in [-0.25, -0.2) is 0 Å². The Morgan fingerprint density at radius 1 is 1.25 bits per heavy atom. The smallest absolute Gasteiger partial charge is 0 e. The Balaban J connectivity index is -0.00000000500. The third-order valence-electron chi connectivity index (χ3n) is 0. The van der Waals surface area contributed by atoms with E-state index in [0.717, 1.165) is 0 Å². The standard InChI is InChI=1S/Co.Cu.O.Zn. The molecule has 0 spiro atoms. The average Bonchev–Trinajstić information content (AvgIpc) is 1.00. The SMILES string of the molecule is [Co].[O]=[Cu].[Zn]. The second kappa shape index (κ2) is 25.2. The molecule has 0 atom stereocenters. The van der Waals surface area contributed by atoms with Crippen LogP contribution in [0.1, 0.15) is 0 Å². The van der Waals surface area contributed by atoms with Gasteiger partial charge in [0.25, 0.3) is 0 Å². The molecule has 0 N–H and O–H groups in total. The van der Waals surface area contributed by atoms with Gasteiger partial charge in [0.05, 0.1) is 0 Å². The Morgan fingerprint density at radius 3 is 1.25 bits per heavy atom. The van der Waals surface area contributed by atoms with Crippen LogP contribution in [0.3, 0.4) is 0 Å². The van der Waals surface area contributed by atoms with E-state index in [1.165, 1.54) is 0 Å². The number of rotatable bonds is 0. The summed E-state index contributed by atoms with van der Waals surface area (Å²) in [6, 6.07) is 0. The van der Waals surface area contributed by atoms with E-state index in [-0.39, 0.29) is 36.3 Å². The zero-order valence-corrected chi connectivity index (χ0v) is 6.70. The minimum atomic E-state index is 0. The van der Waals surface area contributed by atoms with Gasteiger partial charge in [0.15, 0.2) is 0 Å². The molecule has 0 amide bonds. The van der Waals surface area contributed by atoms with Crippen molar-refractivity contribution in [2.75, 3.05) is 0 Å². The fourth-order valence-electron chi connectivity index (χ4n) is 0. The number of hydrogen-bond donors (Lipinski definition) is 0. The summed E-state index contributed by atoms with van der Waals surface area (Å²) < 4.78 is 7.81. The van der Waals surface area contributed by atoms with Crippen LogP contribution >= 0.6 is 0 Å². The third-order valence-corrected chi connectivity index (χ3v) is 0. The summed E-state index contributed by atoms with van der Waals surface area (Å²) in [7, 11) is 0. The molecule has 0 aromatic heterocycles. The molecule has 0 aliphatic carbocycles. The second-order valence-corrected chi connectivity index (χ2v) is 0. The minimum Gasteiger partial charge on any atom is 0 e. The summed E-state index contributed by atoms with van der Waals surface area (Å²) in [5.74, 6) is 0. The molecule has 0 fully saturated rings. The summed E-state index contributed by atoms with van der Waals surface area (Å²) in [6.45, 7) is 0. The van der Waals surface area contributed by atoms with Gasteiger partial charge in [-0.05, 0) is 0 Å². The van der Waals surface area contributed by atoms with Crippen molar-refractivity contribution in [2.45, 2.75) is 0 Å². The van der Waals surface area contributed by atoms with E-state index >= 15 is 0 Å². The zero-order valence-electron chi connectivity index (χ0n) is 1.75. The van der Waals surface area contributed by atoms with Crippen LogP contribution in [0.4, 0.5) is 0 Å². The van der Waals surface area contributed by atoms with Gasteiger partial charge in [0.1, 0.15) is 0 Å². The van der Waals surface area contributed by atoms with E-state index in [0.29, 0.717) is 0 Å². The summed E-state index contributed by atoms with van der Waals surface area (Å²) in [5.41, 5.74) is 0. The first-order valence-electron chi connectivity index (χ1n) is 0.123. The molecule has 0 rings (SSSR count). The Kier molecular flexibility index (Phi) is 113. The molecule has 4 heteroatoms. The molecule has 1 radical (unpaired) electrons. The molecule has 0 heterocycles. The molecular weight excluding hydrogens is 204 g/mol. The summed E-state index contributed by atoms with van der Waals surface area (Å²) >= 11 is 2.94. The molecule has 0 saturated heterocycles. The van der Waals surface area contributed by atoms with Crippen LogP contribution in [0.15, 0.2) is 0 Å². The normalized spacial score (nSPS) is 1.50. The second-order valence-electron chi connectivity index (χ2n) is 0. The maximum Gasteiger partial charge on any atom is 0 e. The first kappa shape index (κ1) is 18.0. The van der Waals surface area contributed by atoms with E-state index in [2.05, 4.69) is 15.9 Å². The first-order valence-corrected chi connectivity index (χ1v) is 0.508. The summed E-state index contributed by atoms with van der Waals surface area (Å²) in [4.78, 5) is 0. The quantitative estimate of drug-likeness (QED) is 0.502. The van der Waals surface area contributed by atoms with Crippen LogP contribution in [-0.2, 0) is 56.0 Å². The molecule has 0 aromatic carbocycles. The van der Waals surface area contributed by atoms with E-state index in [9.17, 15) is 0 Å². The van der Waals surface area contributed by atoms with Gasteiger partial charge in [-0.1, -0.05) is 0 Å². The van der Waals surface area contributed by atoms with Gasteiger partial charge in [-0.2, -0.15) is 0 Å². The Hall–Kier alpha value is 1.45. The van der Waals surface area contributed by atoms with E-state index in [1.807, 2.05) is 0 Å². The van der Waals surface area contributed by atoms with Crippen molar-refractivity contribution < 1.29 is 56.0 Å². The largest absolute Gasteiger partial charge is 0 e. The molecule has 0 aliphatic rings. The van der Waals surface area contributed by atoms with Crippen molar-refractivity contribution >= 4 is 0 Å². The van der Waals surface area contributed by atoms with Crippen molar-refractivity contribution in [3.8, 4) is 0 Å². The summed E-state index contributed by atoms with van der Waals surface area (Å²) in [6.07, 6.45) is 0. The van der Waals surface area contributed by atoms with E-state index in [1.54, 1.807) is 0 Å². The van der Waals surface area contributed by atoms with Crippen molar-refractivity contribution in [3.05, 3.63) is 0 Å². The topological polar surface area (TPSA) is 17.1 Å². The first-order chi connectivity index (χ1) is 1.00. The molecule has 0 unspecified atom stereocenters. The number of hydrogen-bond acceptors (Lipinski definition) is 1. The van der Waals surface area contributed by atoms with Gasteiger partial charge >= 0.3 is 19.8 Å². The van der Waals surface area contributed by atoms with Gasteiger partial charge in [-0.3, -0.25) is 0 Å². The Labute approximate surface area is 55.9 Å². The van der Waals surface area contributed by atoms with E-state index < -0.39 is 0 Å². The molecule has 1 nitrogen and oxygen atoms in total. The summed E-state index contributed by atoms with van der Waals surface area (Å²) in [5, 5.41) is 0. The predicted octanol–water partition coefficient (Wildman–Crippen LogP) is -0.126. The van der Waals surface area contributed by atoms with Crippen molar-refractivity contribution in [2.24, 2.45) is 0 Å². The predicted molar refractivity (Wildman–Crippen MR) is 0.686 cm³/mol. The van der Waals surface area contributed by atoms with Crippen molar-refractivity contribution in [1.82, 2.24) is 0 Å². The molecule has 0 saturated carbocycles. The van der Waals surface area contributed by atoms with Gasteiger partial charge < -0.3 is 0 Å². The van der Waals surface area contributed by atoms with Crippen LogP contribution < -0.4 is 0 Å². The van der Waals surface area contributed by atoms with Crippen LogP contribution in [0.5, 0.6) is 0 Å². The zero-order chi connectivity index (χ0) is 2.00. The average molecular weight is 204 g/mol. The van der Waals surface area contributed by atoms with Crippen LogP contribution in [0, 0.1) is 0 Å². The Morgan fingerprint density at radius 2 is 1.25 bits per heavy atom. The molecule has 4 heavy (non-hydrogen) atoms. The fourth-order valence-corrected chi connectivity index (χ4v) is 0. The van der Waals surface area contributed by atoms with E-state index in [4.69, 9.17) is 3.83 Å². The van der Waals surface area contributed by atoms with Gasteiger partial charge in [0.2, 0.25) is 0 Å². The van der Waals surface area contributed by atoms with Crippen LogP contribution in [0.25, 0.3) is 0 Å². The third kappa shape index (κ3) is 9.85. The minimum absolute atomic E-state index is 0. The molecule has 28 valence electrons. The Bertz CT molecular complexity index is 8.00. The van der Waals surface area contributed by atoms with Crippen LogP contribution in [-0.4, -0.2) is 0 Å².